The van der Waals surface area contributed by atoms with Crippen molar-refractivity contribution in [2.45, 2.75) is 45.1 Å². The van der Waals surface area contributed by atoms with Crippen molar-refractivity contribution in [3.63, 3.8) is 0 Å². The van der Waals surface area contributed by atoms with Crippen LogP contribution in [0.4, 0.5) is 0 Å². The molecular formula is C22H29NO3. The molecule has 4 nitrogen and oxygen atoms in total. The number of aliphatic hydroxyl groups excluding tert-OH is 1. The van der Waals surface area contributed by atoms with Crippen molar-refractivity contribution in [2.24, 2.45) is 0 Å². The summed E-state index contributed by atoms with van der Waals surface area (Å²) in [5.74, 6) is 0.592. The Labute approximate surface area is 156 Å². The molecule has 2 N–H and O–H groups in total. The van der Waals surface area contributed by atoms with Crippen LogP contribution in [-0.2, 0) is 4.79 Å². The van der Waals surface area contributed by atoms with Gasteiger partial charge in [0.15, 0.2) is 0 Å². The highest BCUT2D eigenvalue weighted by atomic mass is 16.5. The van der Waals surface area contributed by atoms with Crippen LogP contribution < -0.4 is 10.1 Å². The molecule has 0 aliphatic rings. The summed E-state index contributed by atoms with van der Waals surface area (Å²) < 4.78 is 5.71. The van der Waals surface area contributed by atoms with Gasteiger partial charge in [-0.25, -0.2) is 0 Å². The van der Waals surface area contributed by atoms with Crippen molar-refractivity contribution >= 4 is 5.91 Å². The first-order valence-electron chi connectivity index (χ1n) is 9.21. The topological polar surface area (TPSA) is 58.6 Å². The molecule has 0 fully saturated rings. The molecule has 2 aromatic rings. The van der Waals surface area contributed by atoms with Crippen LogP contribution in [0.2, 0.25) is 0 Å². The lowest BCUT2D eigenvalue weighted by Gasteiger charge is -2.19. The molecular weight excluding hydrogens is 326 g/mol. The van der Waals surface area contributed by atoms with Crippen LogP contribution in [-0.4, -0.2) is 30.3 Å². The van der Waals surface area contributed by atoms with E-state index < -0.39 is 0 Å². The van der Waals surface area contributed by atoms with Gasteiger partial charge in [-0.15, -0.1) is 0 Å². The average molecular weight is 355 g/mol. The van der Waals surface area contributed by atoms with Gasteiger partial charge in [0.25, 0.3) is 0 Å². The third-order valence-corrected chi connectivity index (χ3v) is 4.39. The van der Waals surface area contributed by atoms with Crippen LogP contribution in [0.3, 0.4) is 0 Å². The Bertz CT molecular complexity index is 685. The number of rotatable bonds is 9. The van der Waals surface area contributed by atoms with E-state index >= 15 is 0 Å². The van der Waals surface area contributed by atoms with Crippen molar-refractivity contribution in [3.05, 3.63) is 65.7 Å². The van der Waals surface area contributed by atoms with Gasteiger partial charge in [0, 0.05) is 19.1 Å². The second kappa shape index (κ2) is 9.97. The minimum Gasteiger partial charge on any atom is -0.491 e. The van der Waals surface area contributed by atoms with Gasteiger partial charge in [-0.05, 0) is 50.5 Å². The summed E-state index contributed by atoms with van der Waals surface area (Å²) >= 11 is 0. The van der Waals surface area contributed by atoms with Crippen molar-refractivity contribution in [1.29, 1.82) is 0 Å². The maximum absolute atomic E-state index is 12.6. The highest BCUT2D eigenvalue weighted by Gasteiger charge is 2.18. The number of carbonyl (C=O) groups excluding carboxylic acids is 1. The SMILES string of the molecule is CC(C)Oc1cccc(C(C)C(=O)NCC(CCO)c2ccccc2)c1. The fourth-order valence-corrected chi connectivity index (χ4v) is 2.93. The van der Waals surface area contributed by atoms with Gasteiger partial charge in [-0.2, -0.15) is 0 Å². The highest BCUT2D eigenvalue weighted by molar-refractivity contribution is 5.83. The zero-order valence-corrected chi connectivity index (χ0v) is 15.8. The monoisotopic (exact) mass is 355 g/mol. The van der Waals surface area contributed by atoms with Crippen molar-refractivity contribution in [2.75, 3.05) is 13.2 Å². The minimum atomic E-state index is -0.267. The molecule has 0 spiro atoms. The summed E-state index contributed by atoms with van der Waals surface area (Å²) in [5, 5.41) is 12.4. The molecule has 0 radical (unpaired) electrons. The Kier molecular flexibility index (Phi) is 7.67. The first-order chi connectivity index (χ1) is 12.5. The van der Waals surface area contributed by atoms with Gasteiger partial charge in [-0.3, -0.25) is 4.79 Å². The Morgan fingerprint density at radius 2 is 1.73 bits per heavy atom. The average Bonchev–Trinajstić information content (AvgIpc) is 2.64. The van der Waals surface area contributed by atoms with E-state index in [-0.39, 0.29) is 30.5 Å². The molecule has 0 saturated heterocycles. The normalized spacial score (nSPS) is 13.3. The van der Waals surface area contributed by atoms with E-state index in [0.29, 0.717) is 13.0 Å². The van der Waals surface area contributed by atoms with Crippen molar-refractivity contribution in [3.8, 4) is 5.75 Å². The Balaban J connectivity index is 1.99. The van der Waals surface area contributed by atoms with Crippen LogP contribution in [0.25, 0.3) is 0 Å². The summed E-state index contributed by atoms with van der Waals surface area (Å²) in [6.45, 7) is 6.46. The quantitative estimate of drug-likeness (QED) is 0.718. The molecule has 0 bridgehead atoms. The van der Waals surface area contributed by atoms with Crippen molar-refractivity contribution < 1.29 is 14.6 Å². The number of amides is 1. The van der Waals surface area contributed by atoms with Crippen LogP contribution in [0.15, 0.2) is 54.6 Å². The number of hydrogen-bond donors (Lipinski definition) is 2. The van der Waals surface area contributed by atoms with Gasteiger partial charge >= 0.3 is 0 Å². The van der Waals surface area contributed by atoms with E-state index in [0.717, 1.165) is 16.9 Å². The van der Waals surface area contributed by atoms with Crippen LogP contribution in [0, 0.1) is 0 Å². The molecule has 0 saturated carbocycles. The van der Waals surface area contributed by atoms with Crippen LogP contribution in [0.1, 0.15) is 50.2 Å². The second-order valence-electron chi connectivity index (χ2n) is 6.83. The van der Waals surface area contributed by atoms with Crippen LogP contribution >= 0.6 is 0 Å². The molecule has 0 aliphatic heterocycles. The predicted octanol–water partition coefficient (Wildman–Crippen LogP) is 3.86. The third-order valence-electron chi connectivity index (χ3n) is 4.39. The molecule has 140 valence electrons. The Hall–Kier alpha value is -2.33. The van der Waals surface area contributed by atoms with Gasteiger partial charge < -0.3 is 15.2 Å². The van der Waals surface area contributed by atoms with Gasteiger partial charge in [0.2, 0.25) is 5.91 Å². The summed E-state index contributed by atoms with van der Waals surface area (Å²) in [5.41, 5.74) is 2.06. The lowest BCUT2D eigenvalue weighted by Crippen LogP contribution is -2.32. The van der Waals surface area contributed by atoms with E-state index in [1.165, 1.54) is 0 Å². The fraction of sp³-hybridized carbons (Fsp3) is 0.409. The van der Waals surface area contributed by atoms with Crippen LogP contribution in [0.5, 0.6) is 5.75 Å². The zero-order valence-electron chi connectivity index (χ0n) is 15.8. The molecule has 1 amide bonds. The van der Waals surface area contributed by atoms with E-state index in [1.54, 1.807) is 0 Å². The summed E-state index contributed by atoms with van der Waals surface area (Å²) in [7, 11) is 0. The molecule has 4 heteroatoms. The largest absolute Gasteiger partial charge is 0.491 e. The summed E-state index contributed by atoms with van der Waals surface area (Å²) in [4.78, 5) is 12.6. The molecule has 0 aromatic heterocycles. The molecule has 0 heterocycles. The fourth-order valence-electron chi connectivity index (χ4n) is 2.93. The number of carbonyl (C=O) groups is 1. The lowest BCUT2D eigenvalue weighted by molar-refractivity contribution is -0.122. The summed E-state index contributed by atoms with van der Waals surface area (Å²) in [6, 6.07) is 17.7. The van der Waals surface area contributed by atoms with Gasteiger partial charge in [0.1, 0.15) is 5.75 Å². The number of aliphatic hydroxyl groups is 1. The molecule has 26 heavy (non-hydrogen) atoms. The smallest absolute Gasteiger partial charge is 0.227 e. The van der Waals surface area contributed by atoms with E-state index in [1.807, 2.05) is 75.4 Å². The van der Waals surface area contributed by atoms with E-state index in [4.69, 9.17) is 4.74 Å². The maximum Gasteiger partial charge on any atom is 0.227 e. The van der Waals surface area contributed by atoms with Gasteiger partial charge in [0.05, 0.1) is 12.0 Å². The number of ether oxygens (including phenoxy) is 1. The third kappa shape index (κ3) is 5.88. The first kappa shape index (κ1) is 20.0. The number of nitrogens with one attached hydrogen (secondary N) is 1. The number of hydrogen-bond acceptors (Lipinski definition) is 3. The molecule has 2 atom stereocenters. The standard InChI is InChI=1S/C22H29NO3/c1-16(2)26-21-11-7-10-19(14-21)17(3)22(25)23-15-20(12-13-24)18-8-5-4-6-9-18/h4-11,14,16-17,20,24H,12-13,15H2,1-3H3,(H,23,25). The zero-order chi connectivity index (χ0) is 18.9. The molecule has 2 unspecified atom stereocenters. The highest BCUT2D eigenvalue weighted by Crippen LogP contribution is 2.23. The van der Waals surface area contributed by atoms with Gasteiger partial charge in [-0.1, -0.05) is 42.5 Å². The Morgan fingerprint density at radius 3 is 2.38 bits per heavy atom. The van der Waals surface area contributed by atoms with E-state index in [9.17, 15) is 9.90 Å². The predicted molar refractivity (Wildman–Crippen MR) is 105 cm³/mol. The van der Waals surface area contributed by atoms with Crippen molar-refractivity contribution in [1.82, 2.24) is 5.32 Å². The van der Waals surface area contributed by atoms with E-state index in [2.05, 4.69) is 5.32 Å². The Morgan fingerprint density at radius 1 is 1.04 bits per heavy atom. The molecule has 2 aromatic carbocycles. The second-order valence-corrected chi connectivity index (χ2v) is 6.83. The minimum absolute atomic E-state index is 0.0226. The first-order valence-corrected chi connectivity index (χ1v) is 9.21. The summed E-state index contributed by atoms with van der Waals surface area (Å²) in [6.07, 6.45) is 0.718. The number of benzene rings is 2. The molecule has 2 rings (SSSR count). The lowest BCUT2D eigenvalue weighted by atomic mass is 9.95. The maximum atomic E-state index is 12.6. The molecule has 0 aliphatic carbocycles.